The molecule has 0 radical (unpaired) electrons. The molecule has 0 spiro atoms. The Balaban J connectivity index is 0.829. The van der Waals surface area contributed by atoms with E-state index < -0.39 is 11.7 Å². The van der Waals surface area contributed by atoms with Crippen LogP contribution >= 0.6 is 0 Å². The molecule has 2 aromatic rings. The zero-order chi connectivity index (χ0) is 34.1. The Bertz CT molecular complexity index is 1340. The van der Waals surface area contributed by atoms with Gasteiger partial charge in [-0.25, -0.2) is 0 Å². The SMILES string of the molecule is O=C1COc2c(cc(O)cc2[C@@H](O)CNCCCCCCCCCC[N+]23CCC(CC2)[C@@H](OC[C@@](O)(c2ccccc2)C2CCCC2)C3)N1. The number of benzene rings is 2. The average molecular weight is 679 g/mol. The van der Waals surface area contributed by atoms with Crippen LogP contribution in [0.4, 0.5) is 5.69 Å². The van der Waals surface area contributed by atoms with Crippen molar-refractivity contribution in [3.63, 3.8) is 0 Å². The van der Waals surface area contributed by atoms with Gasteiger partial charge in [0.25, 0.3) is 5.91 Å². The van der Waals surface area contributed by atoms with Gasteiger partial charge < -0.3 is 39.9 Å². The van der Waals surface area contributed by atoms with Gasteiger partial charge in [-0.3, -0.25) is 4.79 Å². The molecular weight excluding hydrogens is 618 g/mol. The minimum Gasteiger partial charge on any atom is -0.508 e. The van der Waals surface area contributed by atoms with Crippen LogP contribution in [0.1, 0.15) is 107 Å². The van der Waals surface area contributed by atoms with E-state index in [1.807, 2.05) is 18.2 Å². The summed E-state index contributed by atoms with van der Waals surface area (Å²) < 4.78 is 13.5. The molecule has 1 aliphatic carbocycles. The highest BCUT2D eigenvalue weighted by molar-refractivity contribution is 5.96. The van der Waals surface area contributed by atoms with E-state index in [2.05, 4.69) is 22.8 Å². The molecular formula is C40H60N3O6+. The van der Waals surface area contributed by atoms with Crippen LogP contribution in [0.5, 0.6) is 11.5 Å². The number of nitrogens with one attached hydrogen (secondary N) is 2. The van der Waals surface area contributed by atoms with E-state index in [1.165, 1.54) is 107 Å². The zero-order valence-electron chi connectivity index (χ0n) is 29.4. The van der Waals surface area contributed by atoms with Crippen molar-refractivity contribution in [3.05, 3.63) is 53.6 Å². The molecule has 1 amide bonds. The number of aliphatic hydroxyl groups is 2. The number of piperidine rings is 3. The fourth-order valence-electron chi connectivity index (χ4n) is 9.09. The molecule has 2 aromatic carbocycles. The maximum atomic E-state index is 12.0. The molecule has 4 aliphatic heterocycles. The molecule has 270 valence electrons. The Morgan fingerprint density at radius 1 is 0.959 bits per heavy atom. The molecule has 2 bridgehead atoms. The van der Waals surface area contributed by atoms with Crippen LogP contribution < -0.4 is 15.4 Å². The van der Waals surface area contributed by atoms with Crippen LogP contribution in [-0.4, -0.2) is 84.3 Å². The molecule has 4 fully saturated rings. The summed E-state index contributed by atoms with van der Waals surface area (Å²) in [5, 5.41) is 38.7. The van der Waals surface area contributed by atoms with Crippen molar-refractivity contribution in [3.8, 4) is 11.5 Å². The minimum absolute atomic E-state index is 0.0135. The number of aromatic hydroxyl groups is 1. The van der Waals surface area contributed by atoms with Gasteiger partial charge in [0.1, 0.15) is 29.7 Å². The second-order valence-electron chi connectivity index (χ2n) is 15.5. The summed E-state index contributed by atoms with van der Waals surface area (Å²) in [6, 6.07) is 13.2. The molecule has 0 unspecified atom stereocenters. The van der Waals surface area contributed by atoms with Gasteiger partial charge >= 0.3 is 0 Å². The third-order valence-corrected chi connectivity index (χ3v) is 12.0. The number of anilines is 1. The van der Waals surface area contributed by atoms with Crippen molar-refractivity contribution in [2.45, 2.75) is 108 Å². The first-order chi connectivity index (χ1) is 23.9. The first-order valence-electron chi connectivity index (χ1n) is 19.3. The normalized spacial score (nSPS) is 25.4. The molecule has 9 nitrogen and oxygen atoms in total. The number of ether oxygens (including phenoxy) is 2. The Labute approximate surface area is 293 Å². The largest absolute Gasteiger partial charge is 0.508 e. The number of carbonyl (C=O) groups excluding carboxylic acids is 1. The number of quaternary nitrogens is 1. The summed E-state index contributed by atoms with van der Waals surface area (Å²) in [7, 11) is 0. The maximum Gasteiger partial charge on any atom is 0.262 e. The number of phenols is 1. The Kier molecular flexibility index (Phi) is 12.5. The fraction of sp³-hybridized carbons (Fsp3) is 0.675. The van der Waals surface area contributed by atoms with E-state index in [-0.39, 0.29) is 24.4 Å². The molecule has 49 heavy (non-hydrogen) atoms. The van der Waals surface area contributed by atoms with E-state index in [9.17, 15) is 20.1 Å². The minimum atomic E-state index is -0.875. The highest BCUT2D eigenvalue weighted by atomic mass is 16.5. The number of amides is 1. The molecule has 1 saturated carbocycles. The monoisotopic (exact) mass is 678 g/mol. The van der Waals surface area contributed by atoms with E-state index in [0.717, 1.165) is 37.9 Å². The molecule has 9 heteroatoms. The van der Waals surface area contributed by atoms with Gasteiger partial charge in [-0.15, -0.1) is 0 Å². The number of fused-ring (bicyclic) bond motifs is 4. The number of hydrogen-bond donors (Lipinski definition) is 5. The summed E-state index contributed by atoms with van der Waals surface area (Å²) in [5.41, 5.74) is 1.03. The van der Waals surface area contributed by atoms with Crippen LogP contribution in [0.15, 0.2) is 42.5 Å². The third kappa shape index (κ3) is 9.16. The molecule has 5 N–H and O–H groups in total. The predicted octanol–water partition coefficient (Wildman–Crippen LogP) is 6.17. The van der Waals surface area contributed by atoms with Crippen molar-refractivity contribution >= 4 is 11.6 Å². The number of phenolic OH excluding ortho intramolecular Hbond substituents is 1. The molecule has 4 heterocycles. The van der Waals surface area contributed by atoms with Crippen LogP contribution in [0.2, 0.25) is 0 Å². The Morgan fingerprint density at radius 3 is 2.39 bits per heavy atom. The van der Waals surface area contributed by atoms with Crippen LogP contribution in [-0.2, 0) is 15.1 Å². The summed E-state index contributed by atoms with van der Waals surface area (Å²) in [4.78, 5) is 11.6. The smallest absolute Gasteiger partial charge is 0.262 e. The van der Waals surface area contributed by atoms with Gasteiger partial charge in [0.15, 0.2) is 6.61 Å². The van der Waals surface area contributed by atoms with Crippen molar-refractivity contribution < 1.29 is 34.1 Å². The lowest BCUT2D eigenvalue weighted by Gasteiger charge is -2.53. The van der Waals surface area contributed by atoms with Gasteiger partial charge in [-0.2, -0.15) is 0 Å². The van der Waals surface area contributed by atoms with E-state index in [0.29, 0.717) is 42.0 Å². The molecule has 3 saturated heterocycles. The number of aliphatic hydroxyl groups excluding tert-OH is 1. The number of carbonyl (C=O) groups is 1. The van der Waals surface area contributed by atoms with E-state index in [1.54, 1.807) is 0 Å². The highest BCUT2D eigenvalue weighted by Crippen LogP contribution is 2.43. The number of nitrogens with zero attached hydrogens (tertiary/aromatic N) is 1. The van der Waals surface area contributed by atoms with Gasteiger partial charge in [0.2, 0.25) is 0 Å². The van der Waals surface area contributed by atoms with E-state index >= 15 is 0 Å². The lowest BCUT2D eigenvalue weighted by atomic mass is 9.80. The lowest BCUT2D eigenvalue weighted by Crippen LogP contribution is -2.64. The van der Waals surface area contributed by atoms with Gasteiger partial charge in [0, 0.05) is 36.9 Å². The quantitative estimate of drug-likeness (QED) is 0.0891. The highest BCUT2D eigenvalue weighted by Gasteiger charge is 2.48. The summed E-state index contributed by atoms with van der Waals surface area (Å²) >= 11 is 0. The maximum absolute atomic E-state index is 12.0. The molecule has 7 rings (SSSR count). The van der Waals surface area contributed by atoms with Gasteiger partial charge in [0.05, 0.1) is 38.0 Å². The van der Waals surface area contributed by atoms with Gasteiger partial charge in [-0.05, 0) is 56.2 Å². The Morgan fingerprint density at radius 2 is 1.65 bits per heavy atom. The molecule has 3 atom stereocenters. The van der Waals surface area contributed by atoms with Crippen LogP contribution in [0.3, 0.4) is 0 Å². The van der Waals surface area contributed by atoms with E-state index in [4.69, 9.17) is 9.47 Å². The third-order valence-electron chi connectivity index (χ3n) is 12.0. The first kappa shape index (κ1) is 36.1. The van der Waals surface area contributed by atoms with Crippen molar-refractivity contribution in [2.75, 3.05) is 57.8 Å². The van der Waals surface area contributed by atoms with Crippen LogP contribution in [0.25, 0.3) is 0 Å². The number of hydrogen-bond acceptors (Lipinski definition) is 7. The van der Waals surface area contributed by atoms with Crippen LogP contribution in [0, 0.1) is 11.8 Å². The topological polar surface area (TPSA) is 120 Å². The van der Waals surface area contributed by atoms with Crippen molar-refractivity contribution in [1.82, 2.24) is 5.32 Å². The fourth-order valence-corrected chi connectivity index (χ4v) is 9.09. The zero-order valence-corrected chi connectivity index (χ0v) is 29.4. The summed E-state index contributed by atoms with van der Waals surface area (Å²) in [5.74, 6) is 1.08. The summed E-state index contributed by atoms with van der Waals surface area (Å²) in [6.45, 7) is 6.49. The predicted molar refractivity (Wildman–Crippen MR) is 191 cm³/mol. The number of rotatable bonds is 19. The molecule has 0 aromatic heterocycles. The second-order valence-corrected chi connectivity index (χ2v) is 15.5. The first-order valence-corrected chi connectivity index (χ1v) is 19.3. The summed E-state index contributed by atoms with van der Waals surface area (Å²) in [6.07, 6.45) is 16.5. The van der Waals surface area contributed by atoms with Crippen molar-refractivity contribution in [2.24, 2.45) is 11.8 Å². The molecule has 5 aliphatic rings. The second kappa shape index (κ2) is 17.0. The standard InChI is InChI=1S/C40H59N3O6/c44-33-24-34(39-35(25-33)42-38(46)28-48-39)36(45)26-41-20-12-5-3-1-2-4-6-13-21-43-22-18-30(19-23-43)37(27-43)49-29-40(47,32-16-10-11-17-32)31-14-8-7-9-15-31/h7-9,14-15,24-25,30,32,36-37,41,45,47H,1-6,10-13,16-23,26-29H2,(H-,42,44,46)/p+1/t30?,36-,37-,40+,43?/m0/s1. The van der Waals surface area contributed by atoms with Crippen molar-refractivity contribution in [1.29, 1.82) is 0 Å². The number of unbranched alkanes of at least 4 members (excludes halogenated alkanes) is 7. The Hall–Kier alpha value is -2.69. The average Bonchev–Trinajstić information content (AvgIpc) is 3.67. The lowest BCUT2D eigenvalue weighted by molar-refractivity contribution is -0.946. The van der Waals surface area contributed by atoms with Gasteiger partial charge in [-0.1, -0.05) is 75.3 Å².